The number of ether oxygens (including phenoxy) is 5. The number of carbonyl (C=O) groups excluding carboxylic acids is 5. The van der Waals surface area contributed by atoms with Crippen molar-refractivity contribution in [3.05, 3.63) is 66.0 Å². The summed E-state index contributed by atoms with van der Waals surface area (Å²) in [5, 5.41) is 2.64. The highest BCUT2D eigenvalue weighted by molar-refractivity contribution is 6.06. The van der Waals surface area contributed by atoms with Gasteiger partial charge < -0.3 is 29.0 Å². The van der Waals surface area contributed by atoms with E-state index in [0.29, 0.717) is 11.1 Å². The van der Waals surface area contributed by atoms with Crippen LogP contribution in [0, 0.1) is 0 Å². The van der Waals surface area contributed by atoms with Crippen molar-refractivity contribution >= 4 is 35.7 Å². The highest BCUT2D eigenvalue weighted by Gasteiger charge is 2.52. The third-order valence-electron chi connectivity index (χ3n) is 5.61. The number of pyridine rings is 1. The molecule has 3 rings (SSSR count). The summed E-state index contributed by atoms with van der Waals surface area (Å²) in [6, 6.07) is 8.76. The Kier molecular flexibility index (Phi) is 10.5. The molecule has 12 nitrogen and oxygen atoms in total. The molecule has 2 heterocycles. The molecule has 1 aromatic heterocycles. The topological polar surface area (TPSA) is 156 Å². The minimum absolute atomic E-state index is 0.261. The second kappa shape index (κ2) is 14.0. The van der Waals surface area contributed by atoms with Crippen molar-refractivity contribution in [1.29, 1.82) is 0 Å². The van der Waals surface area contributed by atoms with Crippen LogP contribution in [0.25, 0.3) is 6.08 Å². The molecule has 1 aliphatic heterocycles. The molecular weight excluding hydrogens is 524 g/mol. The minimum Gasteiger partial charge on any atom is -0.463 e. The summed E-state index contributed by atoms with van der Waals surface area (Å²) in [5.74, 6) is -2.56. The number of ketones is 1. The molecule has 1 fully saturated rings. The number of hydrogen-bond acceptors (Lipinski definition) is 11. The Morgan fingerprint density at radius 3 is 2.17 bits per heavy atom. The second-order valence-electron chi connectivity index (χ2n) is 8.81. The van der Waals surface area contributed by atoms with Gasteiger partial charge in [0.05, 0.1) is 0 Å². The Hall–Kier alpha value is -4.58. The molecule has 40 heavy (non-hydrogen) atoms. The molecule has 1 N–H and O–H groups in total. The number of aromatic nitrogens is 1. The summed E-state index contributed by atoms with van der Waals surface area (Å²) >= 11 is 0. The zero-order chi connectivity index (χ0) is 29.2. The van der Waals surface area contributed by atoms with Gasteiger partial charge in [-0.05, 0) is 30.4 Å². The van der Waals surface area contributed by atoms with E-state index in [1.807, 2.05) is 0 Å². The number of amides is 1. The predicted molar refractivity (Wildman–Crippen MR) is 139 cm³/mol. The molecule has 12 heteroatoms. The quantitative estimate of drug-likeness (QED) is 0.198. The fraction of sp³-hybridized carbons (Fsp3) is 0.357. The van der Waals surface area contributed by atoms with Crippen LogP contribution < -0.4 is 10.1 Å². The average Bonchev–Trinajstić information content (AvgIpc) is 2.90. The molecule has 0 unspecified atom stereocenters. The first-order valence-corrected chi connectivity index (χ1v) is 12.3. The summed E-state index contributed by atoms with van der Waals surface area (Å²) in [6.07, 6.45) is 1.01. The average molecular weight is 555 g/mol. The maximum Gasteiger partial charge on any atom is 0.303 e. The number of nitrogens with one attached hydrogen (secondary N) is 1. The molecule has 5 atom stereocenters. The molecule has 0 aliphatic carbocycles. The summed E-state index contributed by atoms with van der Waals surface area (Å²) in [5.41, 5.74) is 0.942. The van der Waals surface area contributed by atoms with Gasteiger partial charge in [0.1, 0.15) is 24.5 Å². The lowest BCUT2D eigenvalue weighted by Gasteiger charge is -2.44. The number of hydrogen-bond donors (Lipinski definition) is 1. The lowest BCUT2D eigenvalue weighted by molar-refractivity contribution is -0.257. The molecule has 0 spiro atoms. The van der Waals surface area contributed by atoms with Crippen LogP contribution in [0.3, 0.4) is 0 Å². The van der Waals surface area contributed by atoms with Gasteiger partial charge in [0, 0.05) is 51.2 Å². The SMILES string of the molecule is CC(=O)N[C@@H]1[C@H](Oc2ccccc2/C=C\C(=O)c2ccncc2)O[C@H](COC(C)=O)[C@H](OC(C)=O)[C@H]1OC(C)=O. The molecular formula is C28H30N2O10. The van der Waals surface area contributed by atoms with Gasteiger partial charge in [0.25, 0.3) is 0 Å². The number of esters is 3. The fourth-order valence-corrected chi connectivity index (χ4v) is 4.02. The first-order valence-electron chi connectivity index (χ1n) is 12.3. The molecule has 2 aromatic rings. The predicted octanol–water partition coefficient (Wildman–Crippen LogP) is 2.01. The van der Waals surface area contributed by atoms with Gasteiger partial charge in [-0.1, -0.05) is 18.2 Å². The lowest BCUT2D eigenvalue weighted by Crippen LogP contribution is -2.67. The third-order valence-corrected chi connectivity index (χ3v) is 5.61. The molecule has 0 saturated carbocycles. The number of benzene rings is 1. The third kappa shape index (κ3) is 8.46. The normalized spacial score (nSPS) is 22.1. The van der Waals surface area contributed by atoms with E-state index in [0.717, 1.165) is 13.8 Å². The van der Waals surface area contributed by atoms with Crippen molar-refractivity contribution in [1.82, 2.24) is 10.3 Å². The van der Waals surface area contributed by atoms with Crippen molar-refractivity contribution in [3.63, 3.8) is 0 Å². The van der Waals surface area contributed by atoms with Gasteiger partial charge in [0.2, 0.25) is 12.2 Å². The van der Waals surface area contributed by atoms with Crippen LogP contribution in [-0.2, 0) is 38.1 Å². The Morgan fingerprint density at radius 2 is 1.55 bits per heavy atom. The van der Waals surface area contributed by atoms with E-state index in [4.69, 9.17) is 23.7 Å². The van der Waals surface area contributed by atoms with Crippen LogP contribution in [0.4, 0.5) is 0 Å². The summed E-state index contributed by atoms with van der Waals surface area (Å²) in [7, 11) is 0. The zero-order valence-electron chi connectivity index (χ0n) is 22.4. The molecule has 1 saturated heterocycles. The van der Waals surface area contributed by atoms with Crippen molar-refractivity contribution in [2.45, 2.75) is 58.3 Å². The van der Waals surface area contributed by atoms with Crippen LogP contribution in [0.1, 0.15) is 43.6 Å². The van der Waals surface area contributed by atoms with Crippen LogP contribution in [0.2, 0.25) is 0 Å². The highest BCUT2D eigenvalue weighted by atomic mass is 16.7. The summed E-state index contributed by atoms with van der Waals surface area (Å²) in [6.45, 7) is 4.38. The van der Waals surface area contributed by atoms with Crippen LogP contribution in [0.15, 0.2) is 54.9 Å². The van der Waals surface area contributed by atoms with Crippen molar-refractivity contribution in [2.24, 2.45) is 0 Å². The van der Waals surface area contributed by atoms with Gasteiger partial charge in [-0.3, -0.25) is 29.0 Å². The van der Waals surface area contributed by atoms with Gasteiger partial charge in [-0.15, -0.1) is 0 Å². The Labute approximate surface area is 230 Å². The van der Waals surface area contributed by atoms with Crippen molar-refractivity contribution < 1.29 is 47.7 Å². The first kappa shape index (κ1) is 30.0. The van der Waals surface area contributed by atoms with E-state index in [1.165, 1.54) is 32.3 Å². The lowest BCUT2D eigenvalue weighted by atomic mass is 9.96. The minimum atomic E-state index is -1.30. The van der Waals surface area contributed by atoms with E-state index in [2.05, 4.69) is 10.3 Å². The largest absolute Gasteiger partial charge is 0.463 e. The monoisotopic (exact) mass is 554 g/mol. The molecule has 0 bridgehead atoms. The number of rotatable bonds is 10. The number of para-hydroxylation sites is 1. The molecule has 212 valence electrons. The van der Waals surface area contributed by atoms with Crippen LogP contribution in [-0.4, -0.2) is 71.8 Å². The van der Waals surface area contributed by atoms with Gasteiger partial charge in [-0.2, -0.15) is 0 Å². The van der Waals surface area contributed by atoms with Gasteiger partial charge in [-0.25, -0.2) is 0 Å². The van der Waals surface area contributed by atoms with E-state index < -0.39 is 54.5 Å². The highest BCUT2D eigenvalue weighted by Crippen LogP contribution is 2.30. The zero-order valence-corrected chi connectivity index (χ0v) is 22.4. The van der Waals surface area contributed by atoms with E-state index in [9.17, 15) is 24.0 Å². The smallest absolute Gasteiger partial charge is 0.303 e. The standard InChI is InChI=1S/C28H30N2O10/c1-16(31)30-25-27(38-19(4)34)26(37-18(3)33)24(15-36-17(2)32)40-28(25)39-23-8-6-5-7-21(23)9-10-22(35)20-11-13-29-14-12-20/h5-14,24-28H,15H2,1-4H3,(H,30,31)/b10-9-/t24-,25+,26+,27+,28-/m1/s1. The fourth-order valence-electron chi connectivity index (χ4n) is 4.02. The van der Waals surface area contributed by atoms with E-state index >= 15 is 0 Å². The van der Waals surface area contributed by atoms with Crippen molar-refractivity contribution in [3.8, 4) is 5.75 Å². The Morgan fingerprint density at radius 1 is 0.900 bits per heavy atom. The van der Waals surface area contributed by atoms with E-state index in [-0.39, 0.29) is 18.1 Å². The van der Waals surface area contributed by atoms with Crippen LogP contribution in [0.5, 0.6) is 5.75 Å². The maximum atomic E-state index is 12.6. The molecule has 0 radical (unpaired) electrons. The number of carbonyl (C=O) groups is 5. The summed E-state index contributed by atoms with van der Waals surface area (Å²) in [4.78, 5) is 64.1. The molecule has 1 aromatic carbocycles. The number of allylic oxidation sites excluding steroid dienone is 1. The Bertz CT molecular complexity index is 1260. The summed E-state index contributed by atoms with van der Waals surface area (Å²) < 4.78 is 28.2. The van der Waals surface area contributed by atoms with Crippen molar-refractivity contribution in [2.75, 3.05) is 6.61 Å². The molecule has 1 amide bonds. The van der Waals surface area contributed by atoms with Gasteiger partial charge in [0.15, 0.2) is 18.0 Å². The van der Waals surface area contributed by atoms with Crippen LogP contribution >= 0.6 is 0 Å². The molecule has 1 aliphatic rings. The Balaban J connectivity index is 1.97. The number of nitrogens with zero attached hydrogens (tertiary/aromatic N) is 1. The van der Waals surface area contributed by atoms with E-state index in [1.54, 1.807) is 42.5 Å². The first-order chi connectivity index (χ1) is 19.0. The second-order valence-corrected chi connectivity index (χ2v) is 8.81. The van der Waals surface area contributed by atoms with Gasteiger partial charge >= 0.3 is 17.9 Å². The maximum absolute atomic E-state index is 12.6.